The number of rotatable bonds is 10. The van der Waals surface area contributed by atoms with Crippen LogP contribution in [0.25, 0.3) is 49.1 Å². The van der Waals surface area contributed by atoms with Gasteiger partial charge in [0, 0.05) is 37.8 Å². The lowest BCUT2D eigenvalue weighted by Gasteiger charge is -2.28. The number of nitrogens with zero attached hydrogens (tertiary/aromatic N) is 7. The number of allylic oxidation sites excluding steroid dienone is 2. The molecule has 1 aliphatic heterocycles. The van der Waals surface area contributed by atoms with Gasteiger partial charge in [-0.2, -0.15) is 0 Å². The molecule has 0 radical (unpaired) electrons. The summed E-state index contributed by atoms with van der Waals surface area (Å²) in [5, 5.41) is 60.1. The van der Waals surface area contributed by atoms with Gasteiger partial charge >= 0.3 is 0 Å². The summed E-state index contributed by atoms with van der Waals surface area (Å²) in [5.41, 5.74) is 0.133. The highest BCUT2D eigenvalue weighted by atomic mass is 32.1. The number of amides is 6. The number of pyridine rings is 1. The SMILES string of the molecule is C/C=C(\NC(=O)c1csc(-c2csc(-c3ccc4c(n3)-c3csc(n3)C(C(C)O)NC(=O)c3csc(n3)C(C(C)(C)O)NC(=O)c3csc(n3)/C(=C/C)NC(=O)C(C(C)O)NC(=O)c3csc-4n3)n2)n1)C(=O)NCC(C)=O. The predicted molar refractivity (Wildman–Crippen MR) is 291 cm³/mol. The zero-order chi connectivity index (χ0) is 55.5. The number of hydrogen-bond acceptors (Lipinski definition) is 23. The Labute approximate surface area is 462 Å². The fourth-order valence-electron chi connectivity index (χ4n) is 7.17. The number of carbonyl (C=O) groups excluding carboxylic acids is 7. The lowest BCUT2D eigenvalue weighted by molar-refractivity contribution is -0.124. The van der Waals surface area contributed by atoms with Crippen molar-refractivity contribution >= 4 is 115 Å². The normalized spacial score (nSPS) is 18.1. The molecule has 1 aliphatic rings. The van der Waals surface area contributed by atoms with Crippen LogP contribution in [0.1, 0.15) is 118 Å². The number of ketones is 1. The maximum atomic E-state index is 13.9. The minimum Gasteiger partial charge on any atom is -0.391 e. The molecule has 8 heterocycles. The van der Waals surface area contributed by atoms with Crippen LogP contribution in [-0.2, 0) is 14.4 Å². The van der Waals surface area contributed by atoms with Gasteiger partial charge in [-0.25, -0.2) is 34.9 Å². The second-order valence-corrected chi connectivity index (χ2v) is 22.8. The molecule has 9 N–H and O–H groups in total. The van der Waals surface area contributed by atoms with Gasteiger partial charge in [0.2, 0.25) is 5.91 Å². The number of hydrogen-bond donors (Lipinski definition) is 9. The van der Waals surface area contributed by atoms with Crippen LogP contribution in [-0.4, -0.2) is 122 Å². The van der Waals surface area contributed by atoms with Crippen molar-refractivity contribution in [3.05, 3.63) is 100 Å². The van der Waals surface area contributed by atoms with Crippen molar-refractivity contribution in [2.45, 2.75) is 84.4 Å². The third kappa shape index (κ3) is 12.8. The van der Waals surface area contributed by atoms with Crippen LogP contribution < -0.4 is 31.9 Å². The standard InChI is InChI=1S/C48H47N13O10S6/c1-8-23(36(65)49-12-19(3)62)51-37(66)27-15-74-45(56-27)31-18-75-44(58-31)25-11-10-22-34(50-25)26-13-76-46(53-26)33(21(5)64)60-39(68)29-17-77-47(57-29)35(48(6,7)71)61-40(69)30-16-73-43(55-30)24(9-2)52-41(70)32(20(4)63)59-38(67)28-14-72-42(22)54-28/h8-11,13-18,20-21,32-33,35,63-64,71H,12H2,1-7H3,(H,49,65)(H,51,66)(H,52,70)(H,59,67)(H,60,68)(H,61,69)/b23-8-,24-9-. The van der Waals surface area contributed by atoms with Crippen LogP contribution >= 0.6 is 68.0 Å². The minimum atomic E-state index is -1.60. The fraction of sp³-hybridized carbons (Fsp3) is 0.292. The smallest absolute Gasteiger partial charge is 0.275 e. The highest BCUT2D eigenvalue weighted by molar-refractivity contribution is 7.15. The average Bonchev–Trinajstić information content (AvgIpc) is 4.26. The number of aliphatic hydroxyl groups excluding tert-OH is 2. The zero-order valence-corrected chi connectivity index (χ0v) is 46.5. The predicted octanol–water partition coefficient (Wildman–Crippen LogP) is 4.89. The number of aliphatic hydroxyl groups is 3. The molecule has 23 nitrogen and oxygen atoms in total. The van der Waals surface area contributed by atoms with Crippen LogP contribution in [0.15, 0.2) is 62.3 Å². The molecule has 0 aromatic carbocycles. The summed E-state index contributed by atoms with van der Waals surface area (Å²) in [6, 6.07) is -0.270. The van der Waals surface area contributed by atoms with Crippen molar-refractivity contribution in [1.29, 1.82) is 0 Å². The molecule has 400 valence electrons. The topological polar surface area (TPSA) is 343 Å². The van der Waals surface area contributed by atoms with E-state index in [9.17, 15) is 48.9 Å². The molecule has 5 atom stereocenters. The first-order valence-corrected chi connectivity index (χ1v) is 28.4. The molecule has 8 rings (SSSR count). The van der Waals surface area contributed by atoms with Gasteiger partial charge in [0.1, 0.15) is 99.5 Å². The number of fused-ring (bicyclic) bond motifs is 11. The van der Waals surface area contributed by atoms with Crippen molar-refractivity contribution in [3.63, 3.8) is 0 Å². The Morgan fingerprint density at radius 1 is 0.662 bits per heavy atom. The van der Waals surface area contributed by atoms with E-state index in [2.05, 4.69) is 51.8 Å². The van der Waals surface area contributed by atoms with E-state index in [0.717, 1.165) is 56.7 Å². The Balaban J connectivity index is 1.15. The molecule has 8 bridgehead atoms. The summed E-state index contributed by atoms with van der Waals surface area (Å²) in [7, 11) is 0. The quantitative estimate of drug-likeness (QED) is 0.0823. The maximum absolute atomic E-state index is 13.9. The van der Waals surface area contributed by atoms with Crippen molar-refractivity contribution in [3.8, 4) is 43.4 Å². The van der Waals surface area contributed by atoms with Crippen molar-refractivity contribution < 1.29 is 48.9 Å². The molecule has 0 fully saturated rings. The molecule has 0 saturated heterocycles. The van der Waals surface area contributed by atoms with Crippen molar-refractivity contribution in [2.75, 3.05) is 6.54 Å². The van der Waals surface area contributed by atoms with Crippen LogP contribution in [0.2, 0.25) is 0 Å². The highest BCUT2D eigenvalue weighted by Crippen LogP contribution is 2.38. The van der Waals surface area contributed by atoms with Gasteiger partial charge in [-0.15, -0.1) is 68.0 Å². The first-order valence-electron chi connectivity index (χ1n) is 23.1. The van der Waals surface area contributed by atoms with Gasteiger partial charge in [-0.1, -0.05) is 12.2 Å². The third-order valence-electron chi connectivity index (χ3n) is 11.2. The molecule has 0 saturated carbocycles. The number of aromatic nitrogens is 7. The van der Waals surface area contributed by atoms with Crippen LogP contribution in [0.5, 0.6) is 0 Å². The molecule has 5 unspecified atom stereocenters. The van der Waals surface area contributed by atoms with E-state index >= 15 is 0 Å². The zero-order valence-electron chi connectivity index (χ0n) is 41.6. The second-order valence-electron chi connectivity index (χ2n) is 17.6. The van der Waals surface area contributed by atoms with Gasteiger partial charge in [0.25, 0.3) is 29.5 Å². The molecule has 6 amide bonds. The number of nitrogens with one attached hydrogen (secondary N) is 6. The summed E-state index contributed by atoms with van der Waals surface area (Å²) < 4.78 is 0. The van der Waals surface area contributed by atoms with Gasteiger partial charge in [0.05, 0.1) is 35.7 Å². The van der Waals surface area contributed by atoms with Gasteiger partial charge < -0.3 is 47.2 Å². The first kappa shape index (κ1) is 56.0. The molecule has 7 aromatic rings. The summed E-state index contributed by atoms with van der Waals surface area (Å²) in [6.45, 7) is 10.0. The van der Waals surface area contributed by atoms with E-state index in [-0.39, 0.29) is 67.2 Å². The lowest BCUT2D eigenvalue weighted by Crippen LogP contribution is -2.52. The van der Waals surface area contributed by atoms with Gasteiger partial charge in [0.15, 0.2) is 0 Å². The maximum Gasteiger partial charge on any atom is 0.275 e. The Bertz CT molecular complexity index is 3490. The van der Waals surface area contributed by atoms with E-state index in [4.69, 9.17) is 15.0 Å². The Morgan fingerprint density at radius 3 is 1.87 bits per heavy atom. The Hall–Kier alpha value is -7.22. The monoisotopic (exact) mass is 1160 g/mol. The van der Waals surface area contributed by atoms with Crippen molar-refractivity contribution in [1.82, 2.24) is 66.8 Å². The Morgan fingerprint density at radius 2 is 1.21 bits per heavy atom. The first-order chi connectivity index (χ1) is 36.6. The van der Waals surface area contributed by atoms with E-state index in [1.807, 2.05) is 0 Å². The Kier molecular flexibility index (Phi) is 17.1. The fourth-order valence-corrected chi connectivity index (χ4v) is 12.4. The van der Waals surface area contributed by atoms with Gasteiger partial charge in [-0.05, 0) is 60.6 Å². The lowest BCUT2D eigenvalue weighted by atomic mass is 9.99. The largest absolute Gasteiger partial charge is 0.391 e. The molecule has 0 spiro atoms. The highest BCUT2D eigenvalue weighted by Gasteiger charge is 2.35. The number of Topliss-reactive ketones (excluding diaryl/α,β-unsaturated/α-hetero) is 1. The van der Waals surface area contributed by atoms with Crippen LogP contribution in [0.4, 0.5) is 0 Å². The van der Waals surface area contributed by atoms with E-state index in [0.29, 0.717) is 37.7 Å². The van der Waals surface area contributed by atoms with E-state index in [1.54, 1.807) is 36.7 Å². The summed E-state index contributed by atoms with van der Waals surface area (Å²) in [4.78, 5) is 125. The van der Waals surface area contributed by atoms with E-state index in [1.165, 1.54) is 79.6 Å². The molecule has 0 aliphatic carbocycles. The molecule has 77 heavy (non-hydrogen) atoms. The molecule has 29 heteroatoms. The second kappa shape index (κ2) is 23.6. The van der Waals surface area contributed by atoms with Crippen LogP contribution in [0, 0.1) is 0 Å². The molecular weight excluding hydrogens is 1110 g/mol. The van der Waals surface area contributed by atoms with Gasteiger partial charge in [-0.3, -0.25) is 33.6 Å². The molecular formula is C48H47N13O10S6. The average molecular weight is 1160 g/mol. The summed E-state index contributed by atoms with van der Waals surface area (Å²) >= 11 is 6.64. The minimum absolute atomic E-state index is 0.0221. The number of carbonyl (C=O) groups is 7. The summed E-state index contributed by atoms with van der Waals surface area (Å²) in [5.74, 6) is -4.50. The molecule has 7 aromatic heterocycles. The van der Waals surface area contributed by atoms with Crippen molar-refractivity contribution in [2.24, 2.45) is 0 Å². The third-order valence-corrected chi connectivity index (χ3v) is 16.5. The van der Waals surface area contributed by atoms with Crippen LogP contribution in [0.3, 0.4) is 0 Å². The number of thiazole rings is 6. The summed E-state index contributed by atoms with van der Waals surface area (Å²) in [6.07, 6.45) is 0.364. The van der Waals surface area contributed by atoms with E-state index < -0.39 is 71.4 Å².